The summed E-state index contributed by atoms with van der Waals surface area (Å²) in [4.78, 5) is 8.36. The van der Waals surface area contributed by atoms with Crippen molar-refractivity contribution in [3.63, 3.8) is 0 Å². The molecule has 1 aliphatic rings. The third kappa shape index (κ3) is 16.9. The highest BCUT2D eigenvalue weighted by atomic mass is 16.3. The Labute approximate surface area is 119 Å². The highest BCUT2D eigenvalue weighted by molar-refractivity contribution is 5.32. The lowest BCUT2D eigenvalue weighted by Crippen LogP contribution is -2.21. The monoisotopic (exact) mass is 272 g/mol. The van der Waals surface area contributed by atoms with E-state index < -0.39 is 0 Å². The van der Waals surface area contributed by atoms with Gasteiger partial charge in [-0.15, -0.1) is 0 Å². The Balaban J connectivity index is -0.000000314. The number of rotatable bonds is 5. The largest absolute Gasteiger partial charge is 0.483 e. The molecule has 0 aromatic rings. The molecule has 4 nitrogen and oxygen atoms in total. The second kappa shape index (κ2) is 19.3. The Morgan fingerprint density at radius 2 is 1.95 bits per heavy atom. The molecule has 1 rings (SSSR count). The fraction of sp³-hybridized carbons (Fsp3) is 0.867. The van der Waals surface area contributed by atoms with Crippen LogP contribution < -0.4 is 5.32 Å². The highest BCUT2D eigenvalue weighted by Crippen LogP contribution is 2.19. The minimum Gasteiger partial charge on any atom is -0.483 e. The molecule has 0 spiro atoms. The number of nitriles is 1. The zero-order chi connectivity index (χ0) is 14.2. The number of carbonyl (C=O) groups is 1. The van der Waals surface area contributed by atoms with E-state index in [1.165, 1.54) is 52.0 Å². The van der Waals surface area contributed by atoms with Crippen molar-refractivity contribution in [2.45, 2.75) is 72.8 Å². The lowest BCUT2D eigenvalue weighted by Gasteiger charge is -2.15. The van der Waals surface area contributed by atoms with Gasteiger partial charge in [0.2, 0.25) is 0 Å². The molecule has 0 radical (unpaired) electrons. The molecule has 1 aliphatic heterocycles. The van der Waals surface area contributed by atoms with Crippen molar-refractivity contribution in [2.24, 2.45) is 5.92 Å². The van der Waals surface area contributed by atoms with E-state index in [2.05, 4.69) is 19.2 Å². The van der Waals surface area contributed by atoms with Gasteiger partial charge in [-0.05, 0) is 38.1 Å². The van der Waals surface area contributed by atoms with Crippen LogP contribution in [0.15, 0.2) is 0 Å². The Hall–Kier alpha value is -1.08. The molecule has 1 heterocycles. The highest BCUT2D eigenvalue weighted by Gasteiger charge is 2.14. The van der Waals surface area contributed by atoms with Gasteiger partial charge >= 0.3 is 0 Å². The first kappa shape index (κ1) is 23.0. The van der Waals surface area contributed by atoms with Crippen LogP contribution in [0.1, 0.15) is 66.7 Å². The van der Waals surface area contributed by atoms with Gasteiger partial charge in [0.05, 0.1) is 6.07 Å². The van der Waals surface area contributed by atoms with Crippen molar-refractivity contribution in [1.82, 2.24) is 5.32 Å². The molecule has 19 heavy (non-hydrogen) atoms. The fourth-order valence-electron chi connectivity index (χ4n) is 2.14. The van der Waals surface area contributed by atoms with Gasteiger partial charge in [0.15, 0.2) is 0 Å². The maximum absolute atomic E-state index is 8.36. The quantitative estimate of drug-likeness (QED) is 0.746. The maximum atomic E-state index is 8.36. The van der Waals surface area contributed by atoms with Crippen LogP contribution in [0.25, 0.3) is 0 Å². The van der Waals surface area contributed by atoms with Gasteiger partial charge in [0.1, 0.15) is 0 Å². The van der Waals surface area contributed by atoms with Gasteiger partial charge in [-0.25, -0.2) is 0 Å². The normalized spacial score (nSPS) is 16.1. The van der Waals surface area contributed by atoms with Gasteiger partial charge in [-0.2, -0.15) is 5.26 Å². The van der Waals surface area contributed by atoms with E-state index in [0.717, 1.165) is 12.0 Å². The second-order valence-electron chi connectivity index (χ2n) is 4.38. The van der Waals surface area contributed by atoms with E-state index in [0.29, 0.717) is 0 Å². The molecular weight excluding hydrogens is 240 g/mol. The van der Waals surface area contributed by atoms with Crippen molar-refractivity contribution in [3.8, 4) is 6.07 Å². The molecule has 0 amide bonds. The minimum absolute atomic E-state index is 0. The predicted molar refractivity (Wildman–Crippen MR) is 81.0 cm³/mol. The molecular formula is C15H32N2O2. The number of carboxylic acid groups (broad SMARTS) is 1. The summed E-state index contributed by atoms with van der Waals surface area (Å²) in [5.74, 6) is 0.979. The fourth-order valence-corrected chi connectivity index (χ4v) is 2.14. The zero-order valence-electron chi connectivity index (χ0n) is 12.0. The summed E-state index contributed by atoms with van der Waals surface area (Å²) >= 11 is 0. The standard InChI is InChI=1S/C11H23N.C2H3N.CH2O2.CH4/c1-3-10(4-2)7-8-11-6-5-9-12-11;1-2-3;2-1-3;/h10-12H,3-9H2,1-2H3;1H3;1H,(H,2,3);1H4. The molecule has 0 bridgehead atoms. The molecule has 1 fully saturated rings. The van der Waals surface area contributed by atoms with Crippen molar-refractivity contribution >= 4 is 6.47 Å². The molecule has 2 N–H and O–H groups in total. The summed E-state index contributed by atoms with van der Waals surface area (Å²) in [6, 6.07) is 2.60. The Morgan fingerprint density at radius 3 is 2.26 bits per heavy atom. The molecule has 114 valence electrons. The zero-order valence-corrected chi connectivity index (χ0v) is 12.0. The summed E-state index contributed by atoms with van der Waals surface area (Å²) in [5.41, 5.74) is 0. The summed E-state index contributed by atoms with van der Waals surface area (Å²) in [7, 11) is 0. The van der Waals surface area contributed by atoms with Crippen molar-refractivity contribution in [2.75, 3.05) is 6.54 Å². The molecule has 1 unspecified atom stereocenters. The average Bonchev–Trinajstić information content (AvgIpc) is 2.85. The van der Waals surface area contributed by atoms with Crippen LogP contribution in [-0.4, -0.2) is 24.2 Å². The van der Waals surface area contributed by atoms with E-state index >= 15 is 0 Å². The minimum atomic E-state index is -0.250. The first-order valence-corrected chi connectivity index (χ1v) is 6.82. The third-order valence-corrected chi connectivity index (χ3v) is 3.24. The average molecular weight is 272 g/mol. The third-order valence-electron chi connectivity index (χ3n) is 3.24. The van der Waals surface area contributed by atoms with E-state index in [1.807, 2.05) is 0 Å². The van der Waals surface area contributed by atoms with Crippen LogP contribution in [0.5, 0.6) is 0 Å². The van der Waals surface area contributed by atoms with Crippen LogP contribution in [0.2, 0.25) is 0 Å². The van der Waals surface area contributed by atoms with Crippen LogP contribution in [0, 0.1) is 17.2 Å². The lowest BCUT2D eigenvalue weighted by atomic mass is 9.95. The Morgan fingerprint density at radius 1 is 1.47 bits per heavy atom. The Bertz CT molecular complexity index is 203. The molecule has 0 aromatic heterocycles. The van der Waals surface area contributed by atoms with Gasteiger partial charge in [-0.1, -0.05) is 34.1 Å². The summed E-state index contributed by atoms with van der Waals surface area (Å²) in [5, 5.41) is 17.8. The number of hydrogen-bond acceptors (Lipinski definition) is 3. The predicted octanol–water partition coefficient (Wildman–Crippen LogP) is 3.82. The van der Waals surface area contributed by atoms with Gasteiger partial charge in [0.25, 0.3) is 6.47 Å². The van der Waals surface area contributed by atoms with Crippen LogP contribution >= 0.6 is 0 Å². The van der Waals surface area contributed by atoms with E-state index in [1.54, 1.807) is 6.07 Å². The summed E-state index contributed by atoms with van der Waals surface area (Å²) in [6.07, 6.45) is 8.39. The lowest BCUT2D eigenvalue weighted by molar-refractivity contribution is -0.122. The van der Waals surface area contributed by atoms with Crippen LogP contribution in [-0.2, 0) is 4.79 Å². The number of hydrogen-bond donors (Lipinski definition) is 2. The molecule has 0 aromatic carbocycles. The SMILES string of the molecule is C.CC#N.CCC(CC)CCC1CCCN1.O=CO. The Kier molecular flexibility index (Phi) is 23.4. The topological polar surface area (TPSA) is 73.1 Å². The van der Waals surface area contributed by atoms with Crippen LogP contribution in [0.4, 0.5) is 0 Å². The molecule has 0 saturated carbocycles. The van der Waals surface area contributed by atoms with Gasteiger partial charge in [0, 0.05) is 13.0 Å². The summed E-state index contributed by atoms with van der Waals surface area (Å²) < 4.78 is 0. The van der Waals surface area contributed by atoms with E-state index in [4.69, 9.17) is 15.2 Å². The van der Waals surface area contributed by atoms with Gasteiger partial charge < -0.3 is 10.4 Å². The van der Waals surface area contributed by atoms with Crippen molar-refractivity contribution in [1.29, 1.82) is 5.26 Å². The van der Waals surface area contributed by atoms with Crippen molar-refractivity contribution < 1.29 is 9.90 Å². The smallest absolute Gasteiger partial charge is 0.290 e. The molecule has 1 atom stereocenters. The van der Waals surface area contributed by atoms with Gasteiger partial charge in [-0.3, -0.25) is 4.79 Å². The molecule has 4 heteroatoms. The van der Waals surface area contributed by atoms with Crippen LogP contribution in [0.3, 0.4) is 0 Å². The van der Waals surface area contributed by atoms with Crippen molar-refractivity contribution in [3.05, 3.63) is 0 Å². The first-order chi connectivity index (χ1) is 8.69. The molecule has 0 aliphatic carbocycles. The number of nitrogens with one attached hydrogen (secondary N) is 1. The maximum Gasteiger partial charge on any atom is 0.290 e. The molecule has 1 saturated heterocycles. The van der Waals surface area contributed by atoms with E-state index in [9.17, 15) is 0 Å². The van der Waals surface area contributed by atoms with E-state index in [-0.39, 0.29) is 13.9 Å². The summed E-state index contributed by atoms with van der Waals surface area (Å²) in [6.45, 7) is 7.07. The first-order valence-electron chi connectivity index (χ1n) is 6.82. The number of nitrogens with zero attached hydrogens (tertiary/aromatic N) is 1. The second-order valence-corrected chi connectivity index (χ2v) is 4.38.